The van der Waals surface area contributed by atoms with Crippen LogP contribution in [0.1, 0.15) is 77.2 Å². The predicted molar refractivity (Wildman–Crippen MR) is 159 cm³/mol. The third kappa shape index (κ3) is 9.61. The third-order valence-electron chi connectivity index (χ3n) is 7.26. The number of anilines is 1. The van der Waals surface area contributed by atoms with Crippen molar-refractivity contribution in [2.75, 3.05) is 38.5 Å². The van der Waals surface area contributed by atoms with Crippen LogP contribution in [0.4, 0.5) is 18.9 Å². The lowest BCUT2D eigenvalue weighted by molar-refractivity contribution is -0.245. The number of halogens is 3. The van der Waals surface area contributed by atoms with Crippen LogP contribution in [0.2, 0.25) is 0 Å². The maximum atomic E-state index is 14.9. The molecule has 0 amide bonds. The van der Waals surface area contributed by atoms with Gasteiger partial charge in [-0.15, -0.1) is 0 Å². The largest absolute Gasteiger partial charge is 0.469 e. The van der Waals surface area contributed by atoms with Crippen LogP contribution in [0, 0.1) is 34.0 Å². The van der Waals surface area contributed by atoms with E-state index in [1.165, 1.54) is 19.3 Å². The number of methoxy groups -OCH3 is 1. The molecule has 1 aromatic carbocycles. The number of alkyl halides is 3. The highest BCUT2D eigenvalue weighted by Crippen LogP contribution is 2.52. The lowest BCUT2D eigenvalue weighted by Gasteiger charge is -2.33. The first-order chi connectivity index (χ1) is 20.7. The lowest BCUT2D eigenvalue weighted by atomic mass is 9.85. The molecule has 1 heterocycles. The molecule has 0 spiro atoms. The van der Waals surface area contributed by atoms with Crippen LogP contribution in [0.25, 0.3) is 6.08 Å². The Morgan fingerprint density at radius 1 is 0.930 bits per heavy atom. The zero-order chi connectivity index (χ0) is 31.7. The van der Waals surface area contributed by atoms with Gasteiger partial charge in [0.1, 0.15) is 30.6 Å². The summed E-state index contributed by atoms with van der Waals surface area (Å²) in [4.78, 5) is 2.31. The third-order valence-corrected chi connectivity index (χ3v) is 7.26. The molecule has 1 aliphatic rings. The van der Waals surface area contributed by atoms with Crippen molar-refractivity contribution in [3.8, 4) is 18.2 Å². The quantitative estimate of drug-likeness (QED) is 0.0955. The Balaban J connectivity index is 2.43. The van der Waals surface area contributed by atoms with Crippen molar-refractivity contribution in [3.63, 3.8) is 0 Å². The highest BCUT2D eigenvalue weighted by atomic mass is 19.4. The minimum Gasteiger partial charge on any atom is -0.469 e. The molecule has 0 saturated carbocycles. The number of hydrogen-bond donors (Lipinski definition) is 0. The van der Waals surface area contributed by atoms with E-state index in [0.717, 1.165) is 44.5 Å². The molecule has 1 aromatic rings. The molecular weight excluding hydrogens is 557 g/mol. The van der Waals surface area contributed by atoms with Gasteiger partial charge in [0.15, 0.2) is 11.3 Å². The van der Waals surface area contributed by atoms with Gasteiger partial charge in [-0.1, -0.05) is 63.8 Å². The summed E-state index contributed by atoms with van der Waals surface area (Å²) in [5.74, 6) is -0.629. The van der Waals surface area contributed by atoms with Crippen LogP contribution in [0.3, 0.4) is 0 Å². The molecule has 0 bridgehead atoms. The maximum absolute atomic E-state index is 14.9. The SMILES string of the molecule is CCCCN(CCCC)c1ccc(/C=C/C2=C(C#N)C(=C(C#N)C#N)OC2(CCCCCCOCOC)C(F)(F)F)cc1. The molecule has 2 rings (SSSR count). The number of allylic oxidation sites excluding steroid dienone is 2. The Bertz CT molecular complexity index is 1230. The Kier molecular flexibility index (Phi) is 14.8. The van der Waals surface area contributed by atoms with E-state index >= 15 is 0 Å². The van der Waals surface area contributed by atoms with Gasteiger partial charge in [0.05, 0.1) is 0 Å². The van der Waals surface area contributed by atoms with Crippen molar-refractivity contribution >= 4 is 11.8 Å². The molecule has 1 aliphatic heterocycles. The summed E-state index contributed by atoms with van der Waals surface area (Å²) >= 11 is 0. The molecule has 0 N–H and O–H groups in total. The fourth-order valence-corrected chi connectivity index (χ4v) is 4.89. The second-order valence-electron chi connectivity index (χ2n) is 10.4. The van der Waals surface area contributed by atoms with Crippen molar-refractivity contribution in [1.82, 2.24) is 0 Å². The molecule has 0 fully saturated rings. The van der Waals surface area contributed by atoms with Gasteiger partial charge in [0, 0.05) is 44.5 Å². The number of unbranched alkanes of at least 4 members (excludes halogenated alkanes) is 5. The first kappa shape index (κ1) is 35.4. The van der Waals surface area contributed by atoms with Gasteiger partial charge in [-0.25, -0.2) is 0 Å². The van der Waals surface area contributed by atoms with E-state index in [0.29, 0.717) is 31.4 Å². The molecule has 0 saturated heterocycles. The maximum Gasteiger partial charge on any atom is 0.432 e. The summed E-state index contributed by atoms with van der Waals surface area (Å²) in [7, 11) is 1.51. The van der Waals surface area contributed by atoms with E-state index in [1.807, 2.05) is 24.3 Å². The molecule has 0 aromatic heterocycles. The highest BCUT2D eigenvalue weighted by Gasteiger charge is 2.63. The lowest BCUT2D eigenvalue weighted by Crippen LogP contribution is -2.46. The summed E-state index contributed by atoms with van der Waals surface area (Å²) in [6.45, 7) is 6.70. The molecule has 10 heteroatoms. The Hall–Kier alpha value is -3.78. The minimum absolute atomic E-state index is 0.140. The van der Waals surface area contributed by atoms with Crippen LogP contribution in [-0.2, 0) is 14.2 Å². The van der Waals surface area contributed by atoms with Crippen LogP contribution < -0.4 is 4.90 Å². The standard InChI is InChI=1S/C33H41F3N4O3/c1-4-6-19-40(20-7-5-2)28-15-12-26(13-16-28)14-17-30-29(24-39)31(27(22-37)23-38)43-32(30,33(34,35)36)18-10-8-9-11-21-42-25-41-3/h12-17H,4-11,18-21,25H2,1-3H3/b17-14+. The number of hydrogen-bond acceptors (Lipinski definition) is 7. The van der Waals surface area contributed by atoms with Gasteiger partial charge in [0.25, 0.3) is 0 Å². The summed E-state index contributed by atoms with van der Waals surface area (Å²) in [6, 6.07) is 12.5. The normalized spacial score (nSPS) is 16.6. The molecule has 1 unspecified atom stereocenters. The predicted octanol–water partition coefficient (Wildman–Crippen LogP) is 8.13. The number of benzene rings is 1. The van der Waals surface area contributed by atoms with Crippen LogP contribution in [0.5, 0.6) is 0 Å². The number of ether oxygens (including phenoxy) is 3. The number of nitrogens with zero attached hydrogens (tertiary/aromatic N) is 4. The van der Waals surface area contributed by atoms with E-state index in [-0.39, 0.29) is 13.2 Å². The smallest absolute Gasteiger partial charge is 0.432 e. The van der Waals surface area contributed by atoms with Gasteiger partial charge in [0.2, 0.25) is 5.60 Å². The second-order valence-corrected chi connectivity index (χ2v) is 10.4. The molecule has 7 nitrogen and oxygen atoms in total. The van der Waals surface area contributed by atoms with Crippen molar-refractivity contribution in [2.24, 2.45) is 0 Å². The van der Waals surface area contributed by atoms with E-state index in [4.69, 9.17) is 14.2 Å². The molecule has 1 atom stereocenters. The number of nitriles is 3. The summed E-state index contributed by atoms with van der Waals surface area (Å²) in [5, 5.41) is 28.7. The van der Waals surface area contributed by atoms with Gasteiger partial charge >= 0.3 is 6.18 Å². The van der Waals surface area contributed by atoms with E-state index in [1.54, 1.807) is 18.2 Å². The molecule has 232 valence electrons. The molecule has 0 radical (unpaired) electrons. The van der Waals surface area contributed by atoms with Gasteiger partial charge in [-0.2, -0.15) is 29.0 Å². The fraction of sp³-hybridized carbons (Fsp3) is 0.545. The first-order valence-corrected chi connectivity index (χ1v) is 14.8. The average molecular weight is 599 g/mol. The topological polar surface area (TPSA) is 102 Å². The van der Waals surface area contributed by atoms with Gasteiger partial charge < -0.3 is 19.1 Å². The second kappa shape index (κ2) is 18.0. The Morgan fingerprint density at radius 2 is 1.56 bits per heavy atom. The average Bonchev–Trinajstić information content (AvgIpc) is 3.32. The monoisotopic (exact) mass is 598 g/mol. The van der Waals surface area contributed by atoms with E-state index < -0.39 is 40.7 Å². The van der Waals surface area contributed by atoms with E-state index in [9.17, 15) is 29.0 Å². The summed E-state index contributed by atoms with van der Waals surface area (Å²) in [6.07, 6.45) is 3.49. The molecule has 0 aliphatic carbocycles. The minimum atomic E-state index is -4.92. The van der Waals surface area contributed by atoms with Crippen LogP contribution in [-0.4, -0.2) is 45.4 Å². The molecular formula is C33H41F3N4O3. The van der Waals surface area contributed by atoms with Crippen LogP contribution >= 0.6 is 0 Å². The molecule has 43 heavy (non-hydrogen) atoms. The summed E-state index contributed by atoms with van der Waals surface area (Å²) in [5.41, 5.74) is -2.72. The highest BCUT2D eigenvalue weighted by molar-refractivity contribution is 5.66. The fourth-order valence-electron chi connectivity index (χ4n) is 4.89. The van der Waals surface area contributed by atoms with Gasteiger partial charge in [-0.05, 0) is 43.4 Å². The Morgan fingerprint density at radius 3 is 2.09 bits per heavy atom. The van der Waals surface area contributed by atoms with E-state index in [2.05, 4.69) is 18.7 Å². The number of rotatable bonds is 18. The zero-order valence-electron chi connectivity index (χ0n) is 25.3. The van der Waals surface area contributed by atoms with Crippen molar-refractivity contribution in [1.29, 1.82) is 15.8 Å². The van der Waals surface area contributed by atoms with Crippen LogP contribution in [0.15, 0.2) is 52.8 Å². The Labute approximate surface area is 253 Å². The zero-order valence-corrected chi connectivity index (χ0v) is 25.3. The first-order valence-electron chi connectivity index (χ1n) is 14.8. The van der Waals surface area contributed by atoms with Crippen molar-refractivity contribution < 1.29 is 27.4 Å². The van der Waals surface area contributed by atoms with Crippen molar-refractivity contribution in [2.45, 2.75) is 83.4 Å². The summed E-state index contributed by atoms with van der Waals surface area (Å²) < 4.78 is 60.1. The van der Waals surface area contributed by atoms with Crippen molar-refractivity contribution in [3.05, 3.63) is 58.4 Å². The van der Waals surface area contributed by atoms with Gasteiger partial charge in [-0.3, -0.25) is 0 Å².